The standard InChI is InChI=1S/C16H29F3/c1-2-3-4-5-6-7-8-9-10-11-12-13-14-15-16(17,18)19/h12-13H,2-11,14-15H2,1H3. The van der Waals surface area contributed by atoms with Crippen LogP contribution in [0.1, 0.15) is 84.0 Å². The number of hydrogen-bond acceptors (Lipinski definition) is 0. The first-order chi connectivity index (χ1) is 9.06. The summed E-state index contributed by atoms with van der Waals surface area (Å²) in [6.07, 6.45) is 11.5. The zero-order valence-electron chi connectivity index (χ0n) is 12.3. The van der Waals surface area contributed by atoms with E-state index in [-0.39, 0.29) is 6.42 Å². The van der Waals surface area contributed by atoms with Gasteiger partial charge in [-0.15, -0.1) is 0 Å². The molecule has 0 aliphatic rings. The van der Waals surface area contributed by atoms with E-state index in [1.54, 1.807) is 6.08 Å². The van der Waals surface area contributed by atoms with Gasteiger partial charge in [0.25, 0.3) is 0 Å². The van der Waals surface area contributed by atoms with E-state index in [0.717, 1.165) is 12.8 Å². The van der Waals surface area contributed by atoms with Gasteiger partial charge in [-0.05, 0) is 19.3 Å². The van der Waals surface area contributed by atoms with Gasteiger partial charge in [0.2, 0.25) is 0 Å². The van der Waals surface area contributed by atoms with Crippen molar-refractivity contribution in [2.75, 3.05) is 0 Å². The predicted molar refractivity (Wildman–Crippen MR) is 76.3 cm³/mol. The highest BCUT2D eigenvalue weighted by Gasteiger charge is 2.25. The van der Waals surface area contributed by atoms with Crippen molar-refractivity contribution in [2.24, 2.45) is 0 Å². The molecule has 0 fully saturated rings. The van der Waals surface area contributed by atoms with Crippen LogP contribution < -0.4 is 0 Å². The molecule has 19 heavy (non-hydrogen) atoms. The summed E-state index contributed by atoms with van der Waals surface area (Å²) >= 11 is 0. The summed E-state index contributed by atoms with van der Waals surface area (Å²) in [5.74, 6) is 0. The summed E-state index contributed by atoms with van der Waals surface area (Å²) < 4.78 is 35.5. The third-order valence-electron chi connectivity index (χ3n) is 3.24. The van der Waals surface area contributed by atoms with Gasteiger partial charge in [0.05, 0.1) is 0 Å². The number of unbranched alkanes of at least 4 members (excludes halogenated alkanes) is 9. The molecule has 0 aromatic rings. The maximum atomic E-state index is 11.8. The van der Waals surface area contributed by atoms with Gasteiger partial charge in [0.15, 0.2) is 0 Å². The number of rotatable bonds is 12. The van der Waals surface area contributed by atoms with Gasteiger partial charge in [0, 0.05) is 6.42 Å². The van der Waals surface area contributed by atoms with Gasteiger partial charge in [0.1, 0.15) is 0 Å². The lowest BCUT2D eigenvalue weighted by Gasteiger charge is -2.02. The van der Waals surface area contributed by atoms with Crippen LogP contribution in [0.15, 0.2) is 12.2 Å². The molecule has 0 aromatic carbocycles. The maximum absolute atomic E-state index is 11.8. The second-order valence-electron chi connectivity index (χ2n) is 5.24. The Balaban J connectivity index is 3.12. The van der Waals surface area contributed by atoms with E-state index in [1.807, 2.05) is 6.08 Å². The Morgan fingerprint density at radius 3 is 1.68 bits per heavy atom. The van der Waals surface area contributed by atoms with E-state index in [0.29, 0.717) is 0 Å². The van der Waals surface area contributed by atoms with E-state index in [2.05, 4.69) is 6.92 Å². The highest BCUT2D eigenvalue weighted by molar-refractivity contribution is 4.82. The Kier molecular flexibility index (Phi) is 12.2. The predicted octanol–water partition coefficient (Wildman–Crippen LogP) is 6.81. The fourth-order valence-corrected chi connectivity index (χ4v) is 2.06. The average Bonchev–Trinajstić information content (AvgIpc) is 2.34. The van der Waals surface area contributed by atoms with Crippen LogP contribution in [-0.2, 0) is 0 Å². The minimum Gasteiger partial charge on any atom is -0.171 e. The number of alkyl halides is 3. The first kappa shape index (κ1) is 18.5. The molecule has 0 aromatic heterocycles. The van der Waals surface area contributed by atoms with Gasteiger partial charge in [-0.2, -0.15) is 13.2 Å². The second-order valence-corrected chi connectivity index (χ2v) is 5.24. The van der Waals surface area contributed by atoms with Crippen LogP contribution in [0, 0.1) is 0 Å². The third kappa shape index (κ3) is 17.5. The minimum absolute atomic E-state index is 0.126. The molecule has 0 amide bonds. The molecule has 0 spiro atoms. The molecule has 114 valence electrons. The Morgan fingerprint density at radius 1 is 0.684 bits per heavy atom. The molecule has 0 radical (unpaired) electrons. The Hall–Kier alpha value is -0.470. The summed E-state index contributed by atoms with van der Waals surface area (Å²) in [7, 11) is 0. The summed E-state index contributed by atoms with van der Waals surface area (Å²) in [6, 6.07) is 0. The van der Waals surface area contributed by atoms with Crippen LogP contribution in [0.3, 0.4) is 0 Å². The molecular formula is C16H29F3. The lowest BCUT2D eigenvalue weighted by molar-refractivity contribution is -0.133. The lowest BCUT2D eigenvalue weighted by atomic mass is 10.1. The van der Waals surface area contributed by atoms with Crippen LogP contribution in [0.2, 0.25) is 0 Å². The molecule has 0 aliphatic heterocycles. The van der Waals surface area contributed by atoms with Crippen LogP contribution in [-0.4, -0.2) is 6.18 Å². The van der Waals surface area contributed by atoms with E-state index in [4.69, 9.17) is 0 Å². The van der Waals surface area contributed by atoms with Crippen molar-refractivity contribution in [3.05, 3.63) is 12.2 Å². The van der Waals surface area contributed by atoms with Crippen molar-refractivity contribution < 1.29 is 13.2 Å². The molecule has 3 heteroatoms. The lowest BCUT2D eigenvalue weighted by Crippen LogP contribution is -2.05. The number of hydrogen-bond donors (Lipinski definition) is 0. The molecule has 0 saturated heterocycles. The summed E-state index contributed by atoms with van der Waals surface area (Å²) in [5, 5.41) is 0. The molecule has 0 nitrogen and oxygen atoms in total. The van der Waals surface area contributed by atoms with Crippen molar-refractivity contribution in [3.8, 4) is 0 Å². The normalized spacial score (nSPS) is 12.4. The fraction of sp³-hybridized carbons (Fsp3) is 0.875. The molecule has 0 rings (SSSR count). The molecule has 0 unspecified atom stereocenters. The SMILES string of the molecule is CCCCCCCCCCCC=CCCC(F)(F)F. The van der Waals surface area contributed by atoms with Crippen molar-refractivity contribution in [1.82, 2.24) is 0 Å². The average molecular weight is 278 g/mol. The topological polar surface area (TPSA) is 0 Å². The van der Waals surface area contributed by atoms with Crippen molar-refractivity contribution in [1.29, 1.82) is 0 Å². The summed E-state index contributed by atoms with van der Waals surface area (Å²) in [6.45, 7) is 2.22. The molecule has 0 aliphatic carbocycles. The molecule has 0 heterocycles. The molecule has 0 N–H and O–H groups in total. The van der Waals surface area contributed by atoms with Gasteiger partial charge >= 0.3 is 6.18 Å². The van der Waals surface area contributed by atoms with E-state index >= 15 is 0 Å². The smallest absolute Gasteiger partial charge is 0.171 e. The zero-order chi connectivity index (χ0) is 14.4. The largest absolute Gasteiger partial charge is 0.389 e. The molecular weight excluding hydrogens is 249 g/mol. The molecule has 0 atom stereocenters. The first-order valence-electron chi connectivity index (χ1n) is 7.78. The van der Waals surface area contributed by atoms with Gasteiger partial charge < -0.3 is 0 Å². The van der Waals surface area contributed by atoms with E-state index in [1.165, 1.54) is 51.4 Å². The monoisotopic (exact) mass is 278 g/mol. The summed E-state index contributed by atoms with van der Waals surface area (Å²) in [5.41, 5.74) is 0. The minimum atomic E-state index is -4.01. The molecule has 0 bridgehead atoms. The van der Waals surface area contributed by atoms with Gasteiger partial charge in [-0.3, -0.25) is 0 Å². The van der Waals surface area contributed by atoms with Crippen molar-refractivity contribution >= 4 is 0 Å². The quantitative estimate of drug-likeness (QED) is 0.272. The second kappa shape index (κ2) is 12.6. The van der Waals surface area contributed by atoms with Crippen molar-refractivity contribution in [3.63, 3.8) is 0 Å². The fourth-order valence-electron chi connectivity index (χ4n) is 2.06. The molecule has 0 saturated carbocycles. The first-order valence-corrected chi connectivity index (χ1v) is 7.78. The highest BCUT2D eigenvalue weighted by Crippen LogP contribution is 2.21. The Morgan fingerprint density at radius 2 is 1.16 bits per heavy atom. The van der Waals surface area contributed by atoms with Crippen LogP contribution in [0.5, 0.6) is 0 Å². The Labute approximate surface area is 116 Å². The maximum Gasteiger partial charge on any atom is 0.389 e. The van der Waals surface area contributed by atoms with Gasteiger partial charge in [-0.25, -0.2) is 0 Å². The van der Waals surface area contributed by atoms with E-state index < -0.39 is 12.6 Å². The third-order valence-corrected chi connectivity index (χ3v) is 3.24. The van der Waals surface area contributed by atoms with Crippen LogP contribution >= 0.6 is 0 Å². The number of halogens is 3. The Bertz CT molecular complexity index is 207. The van der Waals surface area contributed by atoms with Crippen molar-refractivity contribution in [2.45, 2.75) is 90.1 Å². The van der Waals surface area contributed by atoms with Crippen LogP contribution in [0.4, 0.5) is 13.2 Å². The zero-order valence-corrected chi connectivity index (χ0v) is 12.3. The number of allylic oxidation sites excluding steroid dienone is 2. The van der Waals surface area contributed by atoms with Crippen LogP contribution in [0.25, 0.3) is 0 Å². The summed E-state index contributed by atoms with van der Waals surface area (Å²) in [4.78, 5) is 0. The van der Waals surface area contributed by atoms with Gasteiger partial charge in [-0.1, -0.05) is 70.4 Å². The highest BCUT2D eigenvalue weighted by atomic mass is 19.4. The van der Waals surface area contributed by atoms with E-state index in [9.17, 15) is 13.2 Å².